The van der Waals surface area contributed by atoms with Crippen LogP contribution in [0.2, 0.25) is 5.02 Å². The van der Waals surface area contributed by atoms with E-state index in [1.165, 1.54) is 38.2 Å². The molecule has 36 heavy (non-hydrogen) atoms. The van der Waals surface area contributed by atoms with E-state index in [0.717, 1.165) is 34.0 Å². The lowest BCUT2D eigenvalue weighted by Crippen LogP contribution is -2.23. The van der Waals surface area contributed by atoms with Crippen molar-refractivity contribution in [3.8, 4) is 11.1 Å². The molecule has 1 fully saturated rings. The summed E-state index contributed by atoms with van der Waals surface area (Å²) in [5.41, 5.74) is 4.61. The Bertz CT molecular complexity index is 1480. The number of hydrogen-bond donors (Lipinski definition) is 2. The molecule has 5 rings (SSSR count). The molecule has 0 amide bonds. The molecule has 1 aromatic heterocycles. The molecule has 0 radical (unpaired) electrons. The van der Waals surface area contributed by atoms with Gasteiger partial charge in [0.2, 0.25) is 5.95 Å². The lowest BCUT2D eigenvalue weighted by molar-refractivity contribution is 0.461. The first-order valence-electron chi connectivity index (χ1n) is 12.4. The molecular formula is C28H29ClN4O2S. The molecule has 0 bridgehead atoms. The van der Waals surface area contributed by atoms with Crippen molar-refractivity contribution in [2.45, 2.75) is 56.4 Å². The highest BCUT2D eigenvalue weighted by Crippen LogP contribution is 2.30. The van der Waals surface area contributed by atoms with Gasteiger partial charge in [-0.25, -0.2) is 18.4 Å². The fraction of sp³-hybridized carbons (Fsp3) is 0.286. The summed E-state index contributed by atoms with van der Waals surface area (Å²) >= 11 is 6.08. The monoisotopic (exact) mass is 520 g/mol. The first kappa shape index (κ1) is 24.5. The SMILES string of the molecule is CCc1cc(-c2ccc(NS(=O)(=O)c3ccccc3Cl)cc2)cc2cnc(NC3CCCCC3)nc12. The van der Waals surface area contributed by atoms with E-state index in [1.54, 1.807) is 30.3 Å². The minimum atomic E-state index is -3.78. The van der Waals surface area contributed by atoms with Crippen molar-refractivity contribution in [1.82, 2.24) is 9.97 Å². The average Bonchev–Trinajstić information content (AvgIpc) is 2.89. The predicted molar refractivity (Wildman–Crippen MR) is 147 cm³/mol. The molecule has 1 heterocycles. The van der Waals surface area contributed by atoms with Crippen LogP contribution in [0.15, 0.2) is 71.8 Å². The highest BCUT2D eigenvalue weighted by molar-refractivity contribution is 7.92. The maximum absolute atomic E-state index is 12.7. The zero-order chi connectivity index (χ0) is 25.1. The van der Waals surface area contributed by atoms with E-state index in [1.807, 2.05) is 18.3 Å². The Morgan fingerprint density at radius 1 is 0.972 bits per heavy atom. The van der Waals surface area contributed by atoms with Crippen LogP contribution in [0, 0.1) is 0 Å². The van der Waals surface area contributed by atoms with Gasteiger partial charge in [0, 0.05) is 23.3 Å². The van der Waals surface area contributed by atoms with Crippen LogP contribution in [0.5, 0.6) is 0 Å². The number of hydrogen-bond acceptors (Lipinski definition) is 5. The summed E-state index contributed by atoms with van der Waals surface area (Å²) in [6.45, 7) is 2.13. The normalized spacial score (nSPS) is 14.6. The largest absolute Gasteiger partial charge is 0.351 e. The molecule has 0 unspecified atom stereocenters. The molecule has 1 aliphatic carbocycles. The van der Waals surface area contributed by atoms with Crippen LogP contribution in [0.4, 0.5) is 11.6 Å². The summed E-state index contributed by atoms with van der Waals surface area (Å²) in [7, 11) is -3.78. The Balaban J connectivity index is 1.39. The average molecular weight is 521 g/mol. The summed E-state index contributed by atoms with van der Waals surface area (Å²) in [5.74, 6) is 0.701. The Hall–Kier alpha value is -3.16. The number of nitrogens with one attached hydrogen (secondary N) is 2. The van der Waals surface area contributed by atoms with E-state index in [-0.39, 0.29) is 9.92 Å². The number of anilines is 2. The number of rotatable bonds is 7. The van der Waals surface area contributed by atoms with Crippen molar-refractivity contribution in [2.24, 2.45) is 0 Å². The third kappa shape index (κ3) is 5.32. The van der Waals surface area contributed by atoms with E-state index < -0.39 is 10.0 Å². The van der Waals surface area contributed by atoms with Crippen LogP contribution < -0.4 is 10.0 Å². The van der Waals surface area contributed by atoms with Gasteiger partial charge in [-0.05, 0) is 72.4 Å². The van der Waals surface area contributed by atoms with Gasteiger partial charge in [-0.2, -0.15) is 0 Å². The molecule has 186 valence electrons. The molecular weight excluding hydrogens is 492 g/mol. The number of fused-ring (bicyclic) bond motifs is 1. The molecule has 0 atom stereocenters. The van der Waals surface area contributed by atoms with Gasteiger partial charge in [0.15, 0.2) is 0 Å². The number of benzene rings is 3. The lowest BCUT2D eigenvalue weighted by Gasteiger charge is -2.22. The predicted octanol–water partition coefficient (Wildman–Crippen LogP) is 7.06. The molecule has 3 aromatic carbocycles. The van der Waals surface area contributed by atoms with Crippen molar-refractivity contribution in [2.75, 3.05) is 10.0 Å². The van der Waals surface area contributed by atoms with E-state index in [4.69, 9.17) is 16.6 Å². The number of aryl methyl sites for hydroxylation is 1. The summed E-state index contributed by atoms with van der Waals surface area (Å²) in [4.78, 5) is 9.50. The van der Waals surface area contributed by atoms with E-state index in [0.29, 0.717) is 17.7 Å². The summed E-state index contributed by atoms with van der Waals surface area (Å²) in [5, 5.41) is 4.70. The van der Waals surface area contributed by atoms with E-state index in [9.17, 15) is 8.42 Å². The highest BCUT2D eigenvalue weighted by Gasteiger charge is 2.18. The Morgan fingerprint density at radius 3 is 2.44 bits per heavy atom. The van der Waals surface area contributed by atoms with Gasteiger partial charge >= 0.3 is 0 Å². The lowest BCUT2D eigenvalue weighted by atomic mass is 9.96. The van der Waals surface area contributed by atoms with Crippen molar-refractivity contribution in [3.05, 3.63) is 77.4 Å². The molecule has 1 saturated carbocycles. The maximum Gasteiger partial charge on any atom is 0.263 e. The Morgan fingerprint density at radius 2 is 1.72 bits per heavy atom. The molecule has 2 N–H and O–H groups in total. The molecule has 0 aliphatic heterocycles. The fourth-order valence-electron chi connectivity index (χ4n) is 4.76. The van der Waals surface area contributed by atoms with Gasteiger partial charge < -0.3 is 5.32 Å². The highest BCUT2D eigenvalue weighted by atomic mass is 35.5. The van der Waals surface area contributed by atoms with Crippen molar-refractivity contribution >= 4 is 44.2 Å². The van der Waals surface area contributed by atoms with Crippen molar-refractivity contribution in [1.29, 1.82) is 0 Å². The third-order valence-corrected chi connectivity index (χ3v) is 8.56. The molecule has 0 spiro atoms. The molecule has 1 aliphatic rings. The second-order valence-electron chi connectivity index (χ2n) is 9.21. The van der Waals surface area contributed by atoms with Crippen molar-refractivity contribution in [3.63, 3.8) is 0 Å². The van der Waals surface area contributed by atoms with Gasteiger partial charge in [-0.3, -0.25) is 4.72 Å². The number of aromatic nitrogens is 2. The summed E-state index contributed by atoms with van der Waals surface area (Å²) < 4.78 is 28.1. The van der Waals surface area contributed by atoms with Crippen LogP contribution in [-0.4, -0.2) is 24.4 Å². The first-order chi connectivity index (χ1) is 17.4. The summed E-state index contributed by atoms with van der Waals surface area (Å²) in [6.07, 6.45) is 8.91. The van der Waals surface area contributed by atoms with Gasteiger partial charge in [-0.1, -0.05) is 62.1 Å². The molecule has 0 saturated heterocycles. The van der Waals surface area contributed by atoms with Crippen LogP contribution in [0.3, 0.4) is 0 Å². The minimum absolute atomic E-state index is 0.0511. The van der Waals surface area contributed by atoms with Crippen LogP contribution >= 0.6 is 11.6 Å². The zero-order valence-corrected chi connectivity index (χ0v) is 21.7. The zero-order valence-electron chi connectivity index (χ0n) is 20.2. The fourth-order valence-corrected chi connectivity index (χ4v) is 6.34. The third-order valence-electron chi connectivity index (χ3n) is 6.68. The van der Waals surface area contributed by atoms with Gasteiger partial charge in [-0.15, -0.1) is 0 Å². The van der Waals surface area contributed by atoms with Gasteiger partial charge in [0.05, 0.1) is 10.5 Å². The number of halogens is 1. The number of nitrogens with zero attached hydrogens (tertiary/aromatic N) is 2. The number of sulfonamides is 1. The second-order valence-corrected chi connectivity index (χ2v) is 11.3. The van der Waals surface area contributed by atoms with E-state index in [2.05, 4.69) is 34.1 Å². The first-order valence-corrected chi connectivity index (χ1v) is 14.2. The molecule has 4 aromatic rings. The van der Waals surface area contributed by atoms with Crippen molar-refractivity contribution < 1.29 is 8.42 Å². The smallest absolute Gasteiger partial charge is 0.263 e. The molecule has 8 heteroatoms. The second kappa shape index (κ2) is 10.4. The Kier molecular flexibility index (Phi) is 7.12. The van der Waals surface area contributed by atoms with Gasteiger partial charge in [0.1, 0.15) is 4.90 Å². The maximum atomic E-state index is 12.7. The van der Waals surface area contributed by atoms with Gasteiger partial charge in [0.25, 0.3) is 10.0 Å². The topological polar surface area (TPSA) is 84.0 Å². The minimum Gasteiger partial charge on any atom is -0.351 e. The molecule has 6 nitrogen and oxygen atoms in total. The Labute approximate surface area is 217 Å². The van der Waals surface area contributed by atoms with Crippen LogP contribution in [-0.2, 0) is 16.4 Å². The van der Waals surface area contributed by atoms with E-state index >= 15 is 0 Å². The standard InChI is InChI=1S/C28H29ClN4O2S/c1-2-19-16-21(17-22-18-30-28(32-27(19)22)31-23-8-4-3-5-9-23)20-12-14-24(15-13-20)33-36(34,35)26-11-7-6-10-25(26)29/h6-7,10-18,23,33H,2-5,8-9H2,1H3,(H,30,31,32). The quantitative estimate of drug-likeness (QED) is 0.272. The van der Waals surface area contributed by atoms with Crippen LogP contribution in [0.1, 0.15) is 44.6 Å². The van der Waals surface area contributed by atoms with Crippen LogP contribution in [0.25, 0.3) is 22.0 Å². The summed E-state index contributed by atoms with van der Waals surface area (Å²) in [6, 6.07) is 18.4.